The second-order valence-corrected chi connectivity index (χ2v) is 8.83. The lowest BCUT2D eigenvalue weighted by atomic mass is 10.1. The lowest BCUT2D eigenvalue weighted by molar-refractivity contribution is -0.123. The number of ether oxygens (including phenoxy) is 1. The molecule has 0 saturated heterocycles. The zero-order chi connectivity index (χ0) is 21.3. The molecule has 9 heteroatoms. The van der Waals surface area contributed by atoms with Crippen LogP contribution in [0, 0.1) is 5.82 Å². The fraction of sp³-hybridized carbons (Fsp3) is 0.300. The van der Waals surface area contributed by atoms with Gasteiger partial charge in [0.2, 0.25) is 10.0 Å². The Kier molecular flexibility index (Phi) is 5.61. The van der Waals surface area contributed by atoms with E-state index in [2.05, 4.69) is 5.32 Å². The maximum absolute atomic E-state index is 13.6. The zero-order valence-electron chi connectivity index (χ0n) is 16.2. The van der Waals surface area contributed by atoms with E-state index in [0.29, 0.717) is 17.7 Å². The lowest BCUT2D eigenvalue weighted by Gasteiger charge is -2.22. The number of para-hydroxylation sites is 1. The van der Waals surface area contributed by atoms with Crippen LogP contribution < -0.4 is 9.62 Å². The zero-order valence-corrected chi connectivity index (χ0v) is 17.0. The number of rotatable bonds is 5. The molecular formula is C20H21FN2O5S. The molecule has 7 nitrogen and oxygen atoms in total. The van der Waals surface area contributed by atoms with Crippen molar-refractivity contribution >= 4 is 33.3 Å². The van der Waals surface area contributed by atoms with E-state index in [-0.39, 0.29) is 17.3 Å². The Balaban J connectivity index is 1.71. The van der Waals surface area contributed by atoms with Crippen LogP contribution in [0.4, 0.5) is 15.8 Å². The molecule has 2 aromatic rings. The van der Waals surface area contributed by atoms with Gasteiger partial charge in [-0.15, -0.1) is 0 Å². The van der Waals surface area contributed by atoms with Gasteiger partial charge in [-0.3, -0.25) is 9.10 Å². The molecule has 29 heavy (non-hydrogen) atoms. The van der Waals surface area contributed by atoms with Gasteiger partial charge in [0.25, 0.3) is 5.91 Å². The molecule has 0 saturated carbocycles. The number of anilines is 2. The second-order valence-electron chi connectivity index (χ2n) is 6.97. The van der Waals surface area contributed by atoms with E-state index in [0.717, 1.165) is 6.26 Å². The molecule has 154 valence electrons. The quantitative estimate of drug-likeness (QED) is 0.751. The van der Waals surface area contributed by atoms with Crippen molar-refractivity contribution in [1.29, 1.82) is 0 Å². The number of amides is 1. The molecule has 0 unspecified atom stereocenters. The Bertz CT molecular complexity index is 1070. The number of fused-ring (bicyclic) bond motifs is 1. The first-order chi connectivity index (χ1) is 13.6. The molecule has 1 heterocycles. The number of halogens is 1. The third-order valence-corrected chi connectivity index (χ3v) is 5.88. The minimum absolute atomic E-state index is 0.00668. The summed E-state index contributed by atoms with van der Waals surface area (Å²) in [5.41, 5.74) is 1.44. The maximum atomic E-state index is 13.6. The molecule has 2 aromatic carbocycles. The van der Waals surface area contributed by atoms with E-state index in [1.54, 1.807) is 25.1 Å². The van der Waals surface area contributed by atoms with Crippen LogP contribution in [0.25, 0.3) is 0 Å². The summed E-state index contributed by atoms with van der Waals surface area (Å²) in [6.45, 7) is 3.17. The Hall–Kier alpha value is -2.94. The van der Waals surface area contributed by atoms with Gasteiger partial charge in [0, 0.05) is 6.04 Å². The van der Waals surface area contributed by atoms with Gasteiger partial charge in [0.1, 0.15) is 5.82 Å². The highest BCUT2D eigenvalue weighted by Crippen LogP contribution is 2.34. The van der Waals surface area contributed by atoms with Crippen molar-refractivity contribution in [1.82, 2.24) is 0 Å². The summed E-state index contributed by atoms with van der Waals surface area (Å²) in [6, 6.07) is 10.0. The average molecular weight is 420 g/mol. The minimum Gasteiger partial charge on any atom is -0.449 e. The van der Waals surface area contributed by atoms with Crippen molar-refractivity contribution < 1.29 is 27.1 Å². The Morgan fingerprint density at radius 2 is 1.93 bits per heavy atom. The number of hydrogen-bond donors (Lipinski definition) is 1. The van der Waals surface area contributed by atoms with Gasteiger partial charge in [-0.05, 0) is 56.2 Å². The van der Waals surface area contributed by atoms with Gasteiger partial charge in [0.15, 0.2) is 6.10 Å². The van der Waals surface area contributed by atoms with Gasteiger partial charge >= 0.3 is 5.97 Å². The SMILES string of the molecule is C[C@H](OC(=O)c1ccc2c(c1)C[C@H](C)N2S(C)(=O)=O)C(=O)Nc1ccccc1F. The summed E-state index contributed by atoms with van der Waals surface area (Å²) in [5, 5.41) is 2.37. The molecule has 0 aromatic heterocycles. The topological polar surface area (TPSA) is 92.8 Å². The van der Waals surface area contributed by atoms with Crippen LogP contribution in [0.2, 0.25) is 0 Å². The number of hydrogen-bond acceptors (Lipinski definition) is 5. The highest BCUT2D eigenvalue weighted by Gasteiger charge is 2.33. The summed E-state index contributed by atoms with van der Waals surface area (Å²) in [7, 11) is -3.43. The molecule has 0 spiro atoms. The van der Waals surface area contributed by atoms with Crippen molar-refractivity contribution in [3.05, 3.63) is 59.4 Å². The summed E-state index contributed by atoms with van der Waals surface area (Å²) < 4.78 is 44.1. The Morgan fingerprint density at radius 1 is 1.24 bits per heavy atom. The largest absolute Gasteiger partial charge is 0.449 e. The fourth-order valence-corrected chi connectivity index (χ4v) is 4.58. The summed E-state index contributed by atoms with van der Waals surface area (Å²) >= 11 is 0. The first-order valence-corrected chi connectivity index (χ1v) is 10.8. The van der Waals surface area contributed by atoms with Crippen molar-refractivity contribution in [2.24, 2.45) is 0 Å². The number of benzene rings is 2. The third-order valence-electron chi connectivity index (χ3n) is 4.61. The number of carbonyl (C=O) groups is 2. The predicted octanol–water partition coefficient (Wildman–Crippen LogP) is 2.72. The van der Waals surface area contributed by atoms with Crippen LogP contribution in [-0.2, 0) is 26.0 Å². The van der Waals surface area contributed by atoms with Gasteiger partial charge < -0.3 is 10.1 Å². The van der Waals surface area contributed by atoms with E-state index in [1.807, 2.05) is 0 Å². The van der Waals surface area contributed by atoms with Crippen LogP contribution >= 0.6 is 0 Å². The summed E-state index contributed by atoms with van der Waals surface area (Å²) in [6.07, 6.45) is 0.450. The minimum atomic E-state index is -3.43. The van der Waals surface area contributed by atoms with Gasteiger partial charge in [-0.1, -0.05) is 12.1 Å². The monoisotopic (exact) mass is 420 g/mol. The van der Waals surface area contributed by atoms with Crippen LogP contribution in [0.5, 0.6) is 0 Å². The highest BCUT2D eigenvalue weighted by atomic mass is 32.2. The predicted molar refractivity (Wildman–Crippen MR) is 107 cm³/mol. The summed E-state index contributed by atoms with van der Waals surface area (Å²) in [5.74, 6) is -1.99. The van der Waals surface area contributed by atoms with Crippen LogP contribution in [-0.4, -0.2) is 38.7 Å². The highest BCUT2D eigenvalue weighted by molar-refractivity contribution is 7.92. The Morgan fingerprint density at radius 3 is 2.59 bits per heavy atom. The molecule has 1 aliphatic rings. The molecule has 0 bridgehead atoms. The molecule has 1 aliphatic heterocycles. The fourth-order valence-electron chi connectivity index (χ4n) is 3.31. The van der Waals surface area contributed by atoms with Crippen LogP contribution in [0.1, 0.15) is 29.8 Å². The van der Waals surface area contributed by atoms with Crippen molar-refractivity contribution in [3.8, 4) is 0 Å². The smallest absolute Gasteiger partial charge is 0.338 e. The van der Waals surface area contributed by atoms with Gasteiger partial charge in [-0.25, -0.2) is 17.6 Å². The number of nitrogens with one attached hydrogen (secondary N) is 1. The third kappa shape index (κ3) is 4.40. The van der Waals surface area contributed by atoms with E-state index in [4.69, 9.17) is 4.74 Å². The molecule has 2 atom stereocenters. The number of carbonyl (C=O) groups excluding carboxylic acids is 2. The van der Waals surface area contributed by atoms with Crippen molar-refractivity contribution in [2.45, 2.75) is 32.4 Å². The van der Waals surface area contributed by atoms with E-state index in [1.165, 1.54) is 35.5 Å². The van der Waals surface area contributed by atoms with Gasteiger partial charge in [-0.2, -0.15) is 0 Å². The number of sulfonamides is 1. The molecule has 1 amide bonds. The van der Waals surface area contributed by atoms with E-state index in [9.17, 15) is 22.4 Å². The lowest BCUT2D eigenvalue weighted by Crippen LogP contribution is -2.34. The first-order valence-electron chi connectivity index (χ1n) is 8.96. The van der Waals surface area contributed by atoms with E-state index < -0.39 is 33.8 Å². The summed E-state index contributed by atoms with van der Waals surface area (Å²) in [4.78, 5) is 24.6. The molecule has 0 radical (unpaired) electrons. The van der Waals surface area contributed by atoms with Crippen LogP contribution in [0.3, 0.4) is 0 Å². The molecule has 3 rings (SSSR count). The average Bonchev–Trinajstić information content (AvgIpc) is 2.98. The normalized spacial score (nSPS) is 16.8. The standard InChI is InChI=1S/C20H21FN2O5S/c1-12-10-15-11-14(8-9-18(15)23(12)29(3,26)27)20(25)28-13(2)19(24)22-17-7-5-4-6-16(17)21/h4-9,11-13H,10H2,1-3H3,(H,22,24)/t12-,13-/m0/s1. The number of nitrogens with zero attached hydrogens (tertiary/aromatic N) is 1. The van der Waals surface area contributed by atoms with Crippen molar-refractivity contribution in [2.75, 3.05) is 15.9 Å². The molecular weight excluding hydrogens is 399 g/mol. The van der Waals surface area contributed by atoms with E-state index >= 15 is 0 Å². The molecule has 1 N–H and O–H groups in total. The van der Waals surface area contributed by atoms with Crippen molar-refractivity contribution in [3.63, 3.8) is 0 Å². The first kappa shape index (κ1) is 20.8. The number of esters is 1. The second kappa shape index (κ2) is 7.82. The maximum Gasteiger partial charge on any atom is 0.338 e. The molecule has 0 aliphatic carbocycles. The van der Waals surface area contributed by atoms with Crippen LogP contribution in [0.15, 0.2) is 42.5 Å². The molecule has 0 fully saturated rings. The Labute approximate surface area is 168 Å². The van der Waals surface area contributed by atoms with Gasteiger partial charge in [0.05, 0.1) is 23.2 Å².